The van der Waals surface area contributed by atoms with Gasteiger partial charge in [-0.15, -0.1) is 24.8 Å². The van der Waals surface area contributed by atoms with Crippen LogP contribution in [0.1, 0.15) is 26.7 Å². The summed E-state index contributed by atoms with van der Waals surface area (Å²) < 4.78 is 0. The Labute approximate surface area is 146 Å². The van der Waals surface area contributed by atoms with E-state index in [4.69, 9.17) is 0 Å². The maximum absolute atomic E-state index is 11.9. The molecule has 1 rings (SSSR count). The van der Waals surface area contributed by atoms with Gasteiger partial charge >= 0.3 is 0 Å². The quantitative estimate of drug-likeness (QED) is 0.652. The smallest absolute Gasteiger partial charge is 0.234 e. The fourth-order valence-electron chi connectivity index (χ4n) is 2.30. The summed E-state index contributed by atoms with van der Waals surface area (Å²) in [5, 5.41) is 5.94. The minimum absolute atomic E-state index is 0. The molecule has 1 heterocycles. The lowest BCUT2D eigenvalue weighted by molar-refractivity contribution is -0.133. The normalized spacial score (nSPS) is 15.0. The Morgan fingerprint density at radius 1 is 1.09 bits per heavy atom. The summed E-state index contributed by atoms with van der Waals surface area (Å²) in [5.41, 5.74) is 0. The number of amides is 2. The van der Waals surface area contributed by atoms with Crippen molar-refractivity contribution in [2.24, 2.45) is 0 Å². The molecule has 1 aliphatic rings. The highest BCUT2D eigenvalue weighted by Gasteiger charge is 2.21. The van der Waals surface area contributed by atoms with Crippen molar-refractivity contribution < 1.29 is 9.59 Å². The predicted octanol–water partition coefficient (Wildman–Crippen LogP) is 0.498. The second-order valence-electron chi connectivity index (χ2n) is 5.59. The third-order valence-electron chi connectivity index (χ3n) is 3.36. The molecule has 0 unspecified atom stereocenters. The van der Waals surface area contributed by atoms with E-state index in [1.807, 2.05) is 25.8 Å². The Morgan fingerprint density at radius 3 is 2.18 bits per heavy atom. The van der Waals surface area contributed by atoms with Crippen LogP contribution in [0.25, 0.3) is 0 Å². The van der Waals surface area contributed by atoms with Crippen molar-refractivity contribution in [3.8, 4) is 0 Å². The lowest BCUT2D eigenvalue weighted by Gasteiger charge is -2.34. The first-order valence-electron chi connectivity index (χ1n) is 7.47. The zero-order valence-electron chi connectivity index (χ0n) is 13.8. The van der Waals surface area contributed by atoms with E-state index in [1.165, 1.54) is 0 Å². The third kappa shape index (κ3) is 9.46. The first kappa shape index (κ1) is 23.7. The molecule has 1 fully saturated rings. The SMILES string of the molecule is CNCCCC(=O)N1CCN(CC(=O)NC(C)C)CC1.Cl.Cl. The van der Waals surface area contributed by atoms with Crippen LogP contribution in [0.15, 0.2) is 0 Å². The molecule has 0 aromatic carbocycles. The maximum atomic E-state index is 11.9. The zero-order chi connectivity index (χ0) is 15.0. The largest absolute Gasteiger partial charge is 0.353 e. The van der Waals surface area contributed by atoms with E-state index in [-0.39, 0.29) is 42.7 Å². The molecule has 0 spiro atoms. The van der Waals surface area contributed by atoms with Gasteiger partial charge in [0, 0.05) is 38.6 Å². The van der Waals surface area contributed by atoms with Crippen molar-refractivity contribution in [2.75, 3.05) is 46.3 Å². The average molecular weight is 357 g/mol. The van der Waals surface area contributed by atoms with E-state index in [0.29, 0.717) is 13.0 Å². The van der Waals surface area contributed by atoms with E-state index in [9.17, 15) is 9.59 Å². The molecule has 132 valence electrons. The van der Waals surface area contributed by atoms with Gasteiger partial charge in [-0.3, -0.25) is 14.5 Å². The predicted molar refractivity (Wildman–Crippen MR) is 94.0 cm³/mol. The number of nitrogens with zero attached hydrogens (tertiary/aromatic N) is 2. The number of carbonyl (C=O) groups excluding carboxylic acids is 2. The number of nitrogens with one attached hydrogen (secondary N) is 2. The highest BCUT2D eigenvalue weighted by Crippen LogP contribution is 2.04. The molecule has 2 N–H and O–H groups in total. The van der Waals surface area contributed by atoms with Crippen LogP contribution in [-0.2, 0) is 9.59 Å². The molecule has 22 heavy (non-hydrogen) atoms. The van der Waals surface area contributed by atoms with Crippen LogP contribution in [0.5, 0.6) is 0 Å². The topological polar surface area (TPSA) is 64.7 Å². The number of halogens is 2. The van der Waals surface area contributed by atoms with Crippen LogP contribution in [-0.4, -0.2) is 74.0 Å². The molecule has 0 saturated carbocycles. The van der Waals surface area contributed by atoms with Gasteiger partial charge in [-0.2, -0.15) is 0 Å². The average Bonchev–Trinajstić information content (AvgIpc) is 2.38. The Bertz CT molecular complexity index is 322. The molecule has 1 saturated heterocycles. The summed E-state index contributed by atoms with van der Waals surface area (Å²) >= 11 is 0. The molecule has 0 radical (unpaired) electrons. The van der Waals surface area contributed by atoms with Crippen LogP contribution in [0.2, 0.25) is 0 Å². The Hall–Kier alpha value is -0.560. The minimum atomic E-state index is 0. The van der Waals surface area contributed by atoms with Gasteiger partial charge in [-0.1, -0.05) is 0 Å². The van der Waals surface area contributed by atoms with Gasteiger partial charge in [0.15, 0.2) is 0 Å². The molecule has 0 aromatic rings. The summed E-state index contributed by atoms with van der Waals surface area (Å²) in [6, 6.07) is 0.178. The minimum Gasteiger partial charge on any atom is -0.353 e. The van der Waals surface area contributed by atoms with Gasteiger partial charge < -0.3 is 15.5 Å². The highest BCUT2D eigenvalue weighted by atomic mass is 35.5. The van der Waals surface area contributed by atoms with Crippen LogP contribution in [0.3, 0.4) is 0 Å². The Kier molecular flexibility index (Phi) is 13.9. The standard InChI is InChI=1S/C14H28N4O2.2ClH/c1-12(2)16-13(19)11-17-7-9-18(10-8-17)14(20)5-4-6-15-3;;/h12,15H,4-11H2,1-3H3,(H,16,19);2*1H. The lowest BCUT2D eigenvalue weighted by Crippen LogP contribution is -2.51. The molecule has 0 bridgehead atoms. The number of hydrogen-bond acceptors (Lipinski definition) is 4. The van der Waals surface area contributed by atoms with Crippen molar-refractivity contribution >= 4 is 36.6 Å². The van der Waals surface area contributed by atoms with Gasteiger partial charge in [-0.05, 0) is 33.9 Å². The van der Waals surface area contributed by atoms with Gasteiger partial charge in [-0.25, -0.2) is 0 Å². The monoisotopic (exact) mass is 356 g/mol. The van der Waals surface area contributed by atoms with Crippen LogP contribution >= 0.6 is 24.8 Å². The van der Waals surface area contributed by atoms with Crippen molar-refractivity contribution in [1.82, 2.24) is 20.4 Å². The summed E-state index contributed by atoms with van der Waals surface area (Å²) in [6.07, 6.45) is 1.49. The lowest BCUT2D eigenvalue weighted by atomic mass is 10.2. The highest BCUT2D eigenvalue weighted by molar-refractivity contribution is 5.85. The third-order valence-corrected chi connectivity index (χ3v) is 3.36. The van der Waals surface area contributed by atoms with E-state index < -0.39 is 0 Å². The zero-order valence-corrected chi connectivity index (χ0v) is 15.4. The fraction of sp³-hybridized carbons (Fsp3) is 0.857. The van der Waals surface area contributed by atoms with Crippen LogP contribution < -0.4 is 10.6 Å². The van der Waals surface area contributed by atoms with Gasteiger partial charge in [0.1, 0.15) is 0 Å². The van der Waals surface area contributed by atoms with Crippen molar-refractivity contribution in [3.05, 3.63) is 0 Å². The Morgan fingerprint density at radius 2 is 1.68 bits per heavy atom. The van der Waals surface area contributed by atoms with E-state index in [2.05, 4.69) is 15.5 Å². The molecule has 0 aromatic heterocycles. The second-order valence-corrected chi connectivity index (χ2v) is 5.59. The number of carbonyl (C=O) groups is 2. The van der Waals surface area contributed by atoms with Crippen molar-refractivity contribution in [3.63, 3.8) is 0 Å². The number of piperazine rings is 1. The number of rotatable bonds is 7. The fourth-order valence-corrected chi connectivity index (χ4v) is 2.30. The number of hydrogen-bond donors (Lipinski definition) is 2. The summed E-state index contributed by atoms with van der Waals surface area (Å²) in [4.78, 5) is 27.6. The maximum Gasteiger partial charge on any atom is 0.234 e. The summed E-state index contributed by atoms with van der Waals surface area (Å²) in [7, 11) is 1.89. The summed E-state index contributed by atoms with van der Waals surface area (Å²) in [5.74, 6) is 0.292. The van der Waals surface area contributed by atoms with Crippen LogP contribution in [0.4, 0.5) is 0 Å². The first-order valence-corrected chi connectivity index (χ1v) is 7.47. The molecule has 0 aliphatic carbocycles. The molecule has 0 atom stereocenters. The first-order chi connectivity index (χ1) is 9.52. The van der Waals surface area contributed by atoms with E-state index >= 15 is 0 Å². The molecule has 2 amide bonds. The molecule has 8 heteroatoms. The van der Waals surface area contributed by atoms with Gasteiger partial charge in [0.05, 0.1) is 6.54 Å². The van der Waals surface area contributed by atoms with E-state index in [1.54, 1.807) is 0 Å². The van der Waals surface area contributed by atoms with Crippen LogP contribution in [0, 0.1) is 0 Å². The summed E-state index contributed by atoms with van der Waals surface area (Å²) in [6.45, 7) is 8.24. The van der Waals surface area contributed by atoms with Crippen molar-refractivity contribution in [2.45, 2.75) is 32.7 Å². The molecule has 1 aliphatic heterocycles. The molecular weight excluding hydrogens is 327 g/mol. The van der Waals surface area contributed by atoms with E-state index in [0.717, 1.165) is 39.1 Å². The second kappa shape index (κ2) is 12.9. The van der Waals surface area contributed by atoms with Gasteiger partial charge in [0.2, 0.25) is 11.8 Å². The molecule has 6 nitrogen and oxygen atoms in total. The molecular formula is C14H30Cl2N4O2. The van der Waals surface area contributed by atoms with Gasteiger partial charge in [0.25, 0.3) is 0 Å². The van der Waals surface area contributed by atoms with Crippen molar-refractivity contribution in [1.29, 1.82) is 0 Å². The Balaban J connectivity index is 0.